The van der Waals surface area contributed by atoms with E-state index in [2.05, 4.69) is 34.6 Å². The van der Waals surface area contributed by atoms with E-state index >= 15 is 0 Å². The Morgan fingerprint density at radius 3 is 2.27 bits per heavy atom. The minimum Gasteiger partial charge on any atom is -0.393 e. The van der Waals surface area contributed by atoms with E-state index in [0.717, 1.165) is 51.4 Å². The summed E-state index contributed by atoms with van der Waals surface area (Å²) >= 11 is 0. The number of hydrogen-bond acceptors (Lipinski definition) is 5. The maximum absolute atomic E-state index is 12.2. The summed E-state index contributed by atoms with van der Waals surface area (Å²) in [6.07, 6.45) is 6.94. The highest BCUT2D eigenvalue weighted by atomic mass is 16.7. The molecule has 6 rings (SSSR count). The fraction of sp³-hybridized carbons (Fsp3) is 1.00. The molecule has 1 spiro atoms. The molecule has 0 aromatic rings. The van der Waals surface area contributed by atoms with Gasteiger partial charge in [-0.1, -0.05) is 20.8 Å². The van der Waals surface area contributed by atoms with Gasteiger partial charge >= 0.3 is 0 Å². The minimum absolute atomic E-state index is 0.0132. The lowest BCUT2D eigenvalue weighted by Gasteiger charge is -2.63. The SMILES string of the molecule is C[C@H]1C[C@]2(O[C@H]3C[C@H]4[C@@H]5CC[C@@H]6C[C@H](O)CC[C@]6(C)[C@@H]5[C@@H](O)C[C@]4(C)[C@H]3[C@@]2(C)O)OC1(C)C. The van der Waals surface area contributed by atoms with Crippen molar-refractivity contribution in [3.05, 3.63) is 0 Å². The molecule has 5 nitrogen and oxygen atoms in total. The number of rotatable bonds is 0. The lowest BCUT2D eigenvalue weighted by molar-refractivity contribution is -0.300. The molecule has 5 heteroatoms. The lowest BCUT2D eigenvalue weighted by Crippen LogP contribution is -2.62. The Kier molecular flexibility index (Phi) is 4.76. The Balaban J connectivity index is 1.34. The molecular formula is C28H46O5. The fourth-order valence-electron chi connectivity index (χ4n) is 10.7. The van der Waals surface area contributed by atoms with E-state index in [1.165, 1.54) is 0 Å². The third kappa shape index (κ3) is 2.78. The Morgan fingerprint density at radius 2 is 1.61 bits per heavy atom. The van der Waals surface area contributed by atoms with Crippen molar-refractivity contribution in [1.29, 1.82) is 0 Å². The molecule has 3 N–H and O–H groups in total. The molecule has 0 unspecified atom stereocenters. The van der Waals surface area contributed by atoms with Crippen LogP contribution in [0.25, 0.3) is 0 Å². The molecule has 6 fully saturated rings. The summed E-state index contributed by atoms with van der Waals surface area (Å²) in [5, 5.41) is 34.2. The van der Waals surface area contributed by atoms with Crippen LogP contribution in [0.3, 0.4) is 0 Å². The standard InChI is InChI=1S/C28H46O5/c1-15-13-28(33-24(15,2)3)27(6,31)23-21(32-28)12-19-18-8-7-16-11-17(29)9-10-25(16,4)22(18)20(30)14-26(19,23)5/h15-23,29-31H,7-14H2,1-6H3/t15-,16+,17+,18-,19-,20-,21-,22-,23-,25-,26-,27+,28-/m0/s1. The highest BCUT2D eigenvalue weighted by molar-refractivity contribution is 5.22. The third-order valence-corrected chi connectivity index (χ3v) is 12.5. The maximum Gasteiger partial charge on any atom is 0.198 e. The third-order valence-electron chi connectivity index (χ3n) is 12.5. The topological polar surface area (TPSA) is 79.2 Å². The van der Waals surface area contributed by atoms with Crippen molar-refractivity contribution in [2.24, 2.45) is 46.3 Å². The van der Waals surface area contributed by atoms with E-state index < -0.39 is 11.4 Å². The van der Waals surface area contributed by atoms with Crippen molar-refractivity contribution in [1.82, 2.24) is 0 Å². The molecule has 4 aliphatic carbocycles. The number of aliphatic hydroxyl groups excluding tert-OH is 2. The minimum atomic E-state index is -1.08. The van der Waals surface area contributed by atoms with Crippen LogP contribution >= 0.6 is 0 Å². The van der Waals surface area contributed by atoms with Gasteiger partial charge in [-0.05, 0) is 106 Å². The summed E-state index contributed by atoms with van der Waals surface area (Å²) < 4.78 is 13.3. The predicted octanol–water partition coefficient (Wildman–Crippen LogP) is 4.27. The van der Waals surface area contributed by atoms with E-state index in [0.29, 0.717) is 29.6 Å². The molecule has 2 saturated heterocycles. The van der Waals surface area contributed by atoms with Gasteiger partial charge in [0.15, 0.2) is 5.79 Å². The molecule has 2 heterocycles. The fourth-order valence-corrected chi connectivity index (χ4v) is 10.7. The number of hydrogen-bond donors (Lipinski definition) is 3. The summed E-state index contributed by atoms with van der Waals surface area (Å²) in [4.78, 5) is 0. The molecule has 0 aromatic heterocycles. The second-order valence-electron chi connectivity index (χ2n) is 14.4. The van der Waals surface area contributed by atoms with Crippen LogP contribution in [0.4, 0.5) is 0 Å². The van der Waals surface area contributed by atoms with Gasteiger partial charge in [0.2, 0.25) is 0 Å². The average molecular weight is 463 g/mol. The first-order valence-corrected chi connectivity index (χ1v) is 13.7. The first kappa shape index (κ1) is 23.2. The summed E-state index contributed by atoms with van der Waals surface area (Å²) in [6, 6.07) is 0. The summed E-state index contributed by atoms with van der Waals surface area (Å²) in [7, 11) is 0. The number of aliphatic hydroxyl groups is 3. The zero-order valence-corrected chi connectivity index (χ0v) is 21.5. The summed E-state index contributed by atoms with van der Waals surface area (Å²) in [6.45, 7) is 13.1. The van der Waals surface area contributed by atoms with E-state index in [1.807, 2.05) is 6.92 Å². The monoisotopic (exact) mass is 462 g/mol. The molecule has 4 saturated carbocycles. The number of ether oxygens (including phenoxy) is 2. The molecule has 33 heavy (non-hydrogen) atoms. The summed E-state index contributed by atoms with van der Waals surface area (Å²) in [5.41, 5.74) is -1.45. The van der Waals surface area contributed by atoms with Crippen LogP contribution in [0, 0.1) is 46.3 Å². The van der Waals surface area contributed by atoms with Crippen LogP contribution in [0.1, 0.15) is 92.9 Å². The smallest absolute Gasteiger partial charge is 0.198 e. The van der Waals surface area contributed by atoms with Gasteiger partial charge in [0, 0.05) is 12.3 Å². The maximum atomic E-state index is 12.2. The molecule has 0 radical (unpaired) electrons. The Morgan fingerprint density at radius 1 is 0.879 bits per heavy atom. The molecular weight excluding hydrogens is 416 g/mol. The van der Waals surface area contributed by atoms with Crippen LogP contribution in [0.15, 0.2) is 0 Å². The van der Waals surface area contributed by atoms with Gasteiger partial charge in [0.1, 0.15) is 5.60 Å². The average Bonchev–Trinajstić information content (AvgIpc) is 3.20. The molecule has 0 aromatic carbocycles. The van der Waals surface area contributed by atoms with E-state index in [-0.39, 0.29) is 40.7 Å². The van der Waals surface area contributed by atoms with Gasteiger partial charge in [0.05, 0.1) is 23.9 Å². The van der Waals surface area contributed by atoms with E-state index in [4.69, 9.17) is 9.47 Å². The van der Waals surface area contributed by atoms with E-state index in [9.17, 15) is 15.3 Å². The van der Waals surface area contributed by atoms with E-state index in [1.54, 1.807) is 0 Å². The molecule has 13 atom stereocenters. The molecule has 188 valence electrons. The Labute approximate surface area is 199 Å². The van der Waals surface area contributed by atoms with Gasteiger partial charge in [-0.3, -0.25) is 0 Å². The normalized spacial score (nSPS) is 63.7. The quantitative estimate of drug-likeness (QED) is 0.501. The van der Waals surface area contributed by atoms with Crippen LogP contribution in [0.5, 0.6) is 0 Å². The highest BCUT2D eigenvalue weighted by Crippen LogP contribution is 2.72. The van der Waals surface area contributed by atoms with Gasteiger partial charge < -0.3 is 24.8 Å². The van der Waals surface area contributed by atoms with Crippen LogP contribution in [0.2, 0.25) is 0 Å². The van der Waals surface area contributed by atoms with Crippen molar-refractivity contribution in [3.8, 4) is 0 Å². The van der Waals surface area contributed by atoms with Crippen LogP contribution in [-0.4, -0.2) is 50.6 Å². The van der Waals surface area contributed by atoms with Crippen molar-refractivity contribution >= 4 is 0 Å². The first-order chi connectivity index (χ1) is 15.3. The van der Waals surface area contributed by atoms with Crippen molar-refractivity contribution < 1.29 is 24.8 Å². The molecule has 2 aliphatic heterocycles. The first-order valence-electron chi connectivity index (χ1n) is 13.7. The van der Waals surface area contributed by atoms with Crippen LogP contribution < -0.4 is 0 Å². The largest absolute Gasteiger partial charge is 0.393 e. The lowest BCUT2D eigenvalue weighted by atomic mass is 9.43. The zero-order valence-electron chi connectivity index (χ0n) is 21.5. The van der Waals surface area contributed by atoms with Crippen LogP contribution in [-0.2, 0) is 9.47 Å². The van der Waals surface area contributed by atoms with Crippen molar-refractivity contribution in [2.45, 2.75) is 128 Å². The zero-order chi connectivity index (χ0) is 23.8. The molecule has 6 aliphatic rings. The van der Waals surface area contributed by atoms with Gasteiger partial charge in [-0.15, -0.1) is 0 Å². The predicted molar refractivity (Wildman–Crippen MR) is 125 cm³/mol. The second-order valence-corrected chi connectivity index (χ2v) is 14.4. The summed E-state index contributed by atoms with van der Waals surface area (Å²) in [5.74, 6) is 1.08. The number of fused-ring (bicyclic) bond motifs is 7. The molecule has 0 amide bonds. The molecule has 0 bridgehead atoms. The van der Waals surface area contributed by atoms with Crippen molar-refractivity contribution in [3.63, 3.8) is 0 Å². The van der Waals surface area contributed by atoms with Gasteiger partial charge in [0.25, 0.3) is 0 Å². The van der Waals surface area contributed by atoms with Crippen molar-refractivity contribution in [2.75, 3.05) is 0 Å². The van der Waals surface area contributed by atoms with Gasteiger partial charge in [-0.25, -0.2) is 0 Å². The Bertz CT molecular complexity index is 825. The second kappa shape index (κ2) is 6.76. The Hall–Kier alpha value is -0.200. The highest BCUT2D eigenvalue weighted by Gasteiger charge is 2.77. The van der Waals surface area contributed by atoms with Gasteiger partial charge in [-0.2, -0.15) is 0 Å².